The van der Waals surface area contributed by atoms with E-state index in [9.17, 15) is 18.5 Å². The number of nitrogens with zero attached hydrogens (tertiary/aromatic N) is 3. The van der Waals surface area contributed by atoms with Gasteiger partial charge in [-0.05, 0) is 48.0 Å². The van der Waals surface area contributed by atoms with Gasteiger partial charge in [0.15, 0.2) is 0 Å². The highest BCUT2D eigenvalue weighted by molar-refractivity contribution is 7.89. The lowest BCUT2D eigenvalue weighted by molar-refractivity contribution is -0.117. The Hall–Kier alpha value is -4.18. The second kappa shape index (κ2) is 8.75. The third-order valence-corrected chi connectivity index (χ3v) is 6.33. The van der Waals surface area contributed by atoms with Crippen LogP contribution in [0.3, 0.4) is 0 Å². The first-order valence-corrected chi connectivity index (χ1v) is 11.5. The molecule has 2 N–H and O–H groups in total. The second-order valence-electron chi connectivity index (χ2n) is 7.49. The van der Waals surface area contributed by atoms with Gasteiger partial charge in [0.25, 0.3) is 0 Å². The maximum Gasteiger partial charge on any atom is 0.238 e. The van der Waals surface area contributed by atoms with Crippen molar-refractivity contribution in [3.8, 4) is 17.6 Å². The fourth-order valence-corrected chi connectivity index (χ4v) is 4.24. The van der Waals surface area contributed by atoms with Gasteiger partial charge in [-0.3, -0.25) is 4.79 Å². The number of para-hydroxylation sites is 2. The Morgan fingerprint density at radius 3 is 2.48 bits per heavy atom. The third-order valence-electron chi connectivity index (χ3n) is 5.41. The van der Waals surface area contributed by atoms with Gasteiger partial charge in [-0.2, -0.15) is 5.26 Å². The Morgan fingerprint density at radius 1 is 1.09 bits per heavy atom. The number of carbonyl (C=O) groups is 1. The molecule has 1 aliphatic rings. The van der Waals surface area contributed by atoms with Crippen molar-refractivity contribution in [2.45, 2.75) is 17.2 Å². The highest BCUT2D eigenvalue weighted by Gasteiger charge is 2.32. The molecule has 0 saturated carbocycles. The number of amides is 1. The summed E-state index contributed by atoms with van der Waals surface area (Å²) in [5, 5.41) is 14.6. The molecule has 1 atom stereocenters. The van der Waals surface area contributed by atoms with Crippen molar-refractivity contribution in [3.63, 3.8) is 0 Å². The van der Waals surface area contributed by atoms with Gasteiger partial charge in [0.1, 0.15) is 17.6 Å². The molecule has 4 rings (SSSR count). The van der Waals surface area contributed by atoms with E-state index in [0.717, 1.165) is 5.56 Å². The van der Waals surface area contributed by atoms with Crippen LogP contribution in [0.25, 0.3) is 4.85 Å². The summed E-state index contributed by atoms with van der Waals surface area (Å²) < 4.78 is 28.8. The largest absolute Gasteiger partial charge is 0.467 e. The first-order valence-electron chi connectivity index (χ1n) is 9.92. The number of primary sulfonamides is 1. The van der Waals surface area contributed by atoms with Gasteiger partial charge >= 0.3 is 0 Å². The molecule has 164 valence electrons. The minimum atomic E-state index is -3.81. The summed E-state index contributed by atoms with van der Waals surface area (Å²) in [6.45, 7) is 7.68. The number of anilines is 1. The Morgan fingerprint density at radius 2 is 1.82 bits per heavy atom. The number of hydrogen-bond acceptors (Lipinski definition) is 5. The number of ether oxygens (including phenoxy) is 1. The van der Waals surface area contributed by atoms with Crippen LogP contribution in [0, 0.1) is 17.9 Å². The maximum atomic E-state index is 12.7. The average Bonchev–Trinajstić information content (AvgIpc) is 3.20. The van der Waals surface area contributed by atoms with Crippen LogP contribution in [0.15, 0.2) is 71.6 Å². The number of nitrogens with two attached hydrogens (primary N) is 1. The highest BCUT2D eigenvalue weighted by Crippen LogP contribution is 2.37. The van der Waals surface area contributed by atoms with E-state index < -0.39 is 10.0 Å². The molecule has 3 aromatic rings. The summed E-state index contributed by atoms with van der Waals surface area (Å²) in [5.41, 5.74) is 2.04. The Kier molecular flexibility index (Phi) is 5.84. The minimum absolute atomic E-state index is 0.0250. The number of nitriles is 1. The standard InChI is InChI=1S/C24H18N4O4S/c1-27-21-4-2-3-5-22(21)32-23-12-16(6-7-17(23)14-25)18-13-24(29)28(15-18)19-8-10-20(11-9-19)33(26,30)31/h2-12,18H,13,15H2,(H2,26,30,31)/t18-/m0/s1. The Balaban J connectivity index is 1.60. The monoisotopic (exact) mass is 458 g/mol. The topological polar surface area (TPSA) is 118 Å². The van der Waals surface area contributed by atoms with E-state index in [1.54, 1.807) is 59.5 Å². The minimum Gasteiger partial charge on any atom is -0.467 e. The molecular formula is C24H18N4O4S. The number of sulfonamides is 1. The molecule has 0 radical (unpaired) electrons. The van der Waals surface area contributed by atoms with Gasteiger partial charge in [0.2, 0.25) is 21.6 Å². The fourth-order valence-electron chi connectivity index (χ4n) is 3.72. The van der Waals surface area contributed by atoms with Crippen molar-refractivity contribution in [1.29, 1.82) is 5.26 Å². The predicted octanol–water partition coefficient (Wildman–Crippen LogP) is 4.07. The summed E-state index contributed by atoms with van der Waals surface area (Å²) in [6.07, 6.45) is 0.251. The van der Waals surface area contributed by atoms with E-state index in [1.807, 2.05) is 0 Å². The summed E-state index contributed by atoms with van der Waals surface area (Å²) in [6, 6.07) is 19.9. The molecule has 8 nitrogen and oxygen atoms in total. The molecule has 0 aliphatic carbocycles. The zero-order chi connectivity index (χ0) is 23.6. The smallest absolute Gasteiger partial charge is 0.238 e. The van der Waals surface area contributed by atoms with Crippen molar-refractivity contribution in [2.24, 2.45) is 5.14 Å². The molecule has 1 fully saturated rings. The lowest BCUT2D eigenvalue weighted by atomic mass is 9.96. The second-order valence-corrected chi connectivity index (χ2v) is 9.05. The van der Waals surface area contributed by atoms with Crippen LogP contribution in [0.4, 0.5) is 11.4 Å². The van der Waals surface area contributed by atoms with E-state index in [1.165, 1.54) is 12.1 Å². The molecule has 1 amide bonds. The number of carbonyl (C=O) groups excluding carboxylic acids is 1. The summed E-state index contributed by atoms with van der Waals surface area (Å²) in [5.74, 6) is 0.407. The molecule has 3 aromatic carbocycles. The molecule has 0 bridgehead atoms. The van der Waals surface area contributed by atoms with Gasteiger partial charge in [-0.25, -0.2) is 18.4 Å². The Bertz CT molecular complexity index is 1420. The first kappa shape index (κ1) is 22.0. The van der Waals surface area contributed by atoms with Gasteiger partial charge in [0.05, 0.1) is 17.0 Å². The van der Waals surface area contributed by atoms with E-state index in [-0.39, 0.29) is 23.1 Å². The van der Waals surface area contributed by atoms with Crippen LogP contribution in [0.5, 0.6) is 11.5 Å². The zero-order valence-corrected chi connectivity index (χ0v) is 18.1. The molecule has 0 spiro atoms. The van der Waals surface area contributed by atoms with Gasteiger partial charge in [0, 0.05) is 24.6 Å². The van der Waals surface area contributed by atoms with Crippen LogP contribution >= 0.6 is 0 Å². The summed E-state index contributed by atoms with van der Waals surface area (Å²) >= 11 is 0. The summed E-state index contributed by atoms with van der Waals surface area (Å²) in [7, 11) is -3.81. The average molecular weight is 458 g/mol. The van der Waals surface area contributed by atoms with Crippen molar-refractivity contribution in [3.05, 3.63) is 89.3 Å². The van der Waals surface area contributed by atoms with Crippen LogP contribution in [-0.4, -0.2) is 20.9 Å². The molecule has 9 heteroatoms. The van der Waals surface area contributed by atoms with Crippen molar-refractivity contribution in [1.82, 2.24) is 0 Å². The Labute approximate surface area is 191 Å². The highest BCUT2D eigenvalue weighted by atomic mass is 32.2. The lowest BCUT2D eigenvalue weighted by Gasteiger charge is -2.18. The zero-order valence-electron chi connectivity index (χ0n) is 17.3. The maximum absolute atomic E-state index is 12.7. The SMILES string of the molecule is [C-]#[N+]c1ccccc1Oc1cc([C@H]2CC(=O)N(c3ccc(S(N)(=O)=O)cc3)C2)ccc1C#N. The van der Waals surface area contributed by atoms with E-state index in [2.05, 4.69) is 10.9 Å². The third kappa shape index (κ3) is 4.55. The molecule has 1 aliphatic heterocycles. The number of hydrogen-bond donors (Lipinski definition) is 1. The first-order chi connectivity index (χ1) is 15.8. The fraction of sp³-hybridized carbons (Fsp3) is 0.125. The van der Waals surface area contributed by atoms with Gasteiger partial charge in [-0.1, -0.05) is 24.3 Å². The molecule has 33 heavy (non-hydrogen) atoms. The molecular weight excluding hydrogens is 440 g/mol. The van der Waals surface area contributed by atoms with Crippen molar-refractivity contribution >= 4 is 27.3 Å². The van der Waals surface area contributed by atoms with Crippen LogP contribution in [0.1, 0.15) is 23.5 Å². The molecule has 0 unspecified atom stereocenters. The quantitative estimate of drug-likeness (QED) is 0.578. The normalized spacial score (nSPS) is 15.7. The van der Waals surface area contributed by atoms with Crippen LogP contribution < -0.4 is 14.8 Å². The molecule has 0 aromatic heterocycles. The van der Waals surface area contributed by atoms with E-state index >= 15 is 0 Å². The van der Waals surface area contributed by atoms with Crippen molar-refractivity contribution < 1.29 is 17.9 Å². The van der Waals surface area contributed by atoms with Gasteiger partial charge in [-0.15, -0.1) is 0 Å². The lowest BCUT2D eigenvalue weighted by Crippen LogP contribution is -2.24. The number of benzene rings is 3. The molecule has 1 heterocycles. The predicted molar refractivity (Wildman–Crippen MR) is 121 cm³/mol. The summed E-state index contributed by atoms with van der Waals surface area (Å²) in [4.78, 5) is 17.7. The van der Waals surface area contributed by atoms with Crippen molar-refractivity contribution in [2.75, 3.05) is 11.4 Å². The molecule has 1 saturated heterocycles. The van der Waals surface area contributed by atoms with Gasteiger partial charge < -0.3 is 9.64 Å². The van der Waals surface area contributed by atoms with E-state index in [0.29, 0.717) is 35.0 Å². The number of rotatable bonds is 5. The van der Waals surface area contributed by atoms with Crippen LogP contribution in [0.2, 0.25) is 0 Å². The van der Waals surface area contributed by atoms with E-state index in [4.69, 9.17) is 16.4 Å². The van der Waals surface area contributed by atoms with Crippen LogP contribution in [-0.2, 0) is 14.8 Å².